The third kappa shape index (κ3) is 4.42. The van der Waals surface area contributed by atoms with Crippen LogP contribution in [-0.2, 0) is 9.59 Å². The molecule has 26 heavy (non-hydrogen) atoms. The molecule has 0 unspecified atom stereocenters. The topological polar surface area (TPSA) is 70.7 Å². The van der Waals surface area contributed by atoms with Crippen LogP contribution in [0.2, 0.25) is 0 Å². The average molecular weight is 373 g/mol. The number of rotatable bonds is 6. The van der Waals surface area contributed by atoms with E-state index >= 15 is 0 Å². The quantitative estimate of drug-likeness (QED) is 0.764. The molecule has 0 radical (unpaired) electrons. The summed E-state index contributed by atoms with van der Waals surface area (Å²) in [5.41, 5.74) is 1.66. The zero-order valence-corrected chi connectivity index (χ0v) is 15.6. The number of hydrogen-bond acceptors (Lipinski definition) is 5. The standard InChI is InChI=1S/C19H23N3O3S/c1-25-17-7-3-2-6-15(17)21-19(24)18(23)20-12-16(14-8-11-26-13-14)22-9-4-5-10-22/h2-3,6-8,11,13,16H,4-5,9-10,12H2,1H3,(H,20,23)(H,21,24)/t16-/m1/s1. The van der Waals surface area contributed by atoms with Gasteiger partial charge in [0.2, 0.25) is 0 Å². The van der Waals surface area contributed by atoms with Crippen molar-refractivity contribution in [2.24, 2.45) is 0 Å². The highest BCUT2D eigenvalue weighted by atomic mass is 32.1. The highest BCUT2D eigenvalue weighted by molar-refractivity contribution is 7.08. The van der Waals surface area contributed by atoms with Crippen molar-refractivity contribution in [2.45, 2.75) is 18.9 Å². The lowest BCUT2D eigenvalue weighted by molar-refractivity contribution is -0.136. The van der Waals surface area contributed by atoms with Crippen LogP contribution in [-0.4, -0.2) is 43.5 Å². The Balaban J connectivity index is 1.60. The summed E-state index contributed by atoms with van der Waals surface area (Å²) in [5.74, 6) is -0.822. The van der Waals surface area contributed by atoms with Crippen LogP contribution in [0.4, 0.5) is 5.69 Å². The fraction of sp³-hybridized carbons (Fsp3) is 0.368. The summed E-state index contributed by atoms with van der Waals surface area (Å²) in [6.07, 6.45) is 2.34. The zero-order valence-electron chi connectivity index (χ0n) is 14.7. The number of ether oxygens (including phenoxy) is 1. The Morgan fingerprint density at radius 2 is 1.96 bits per heavy atom. The van der Waals surface area contributed by atoms with Gasteiger partial charge in [-0.1, -0.05) is 12.1 Å². The van der Waals surface area contributed by atoms with Crippen molar-refractivity contribution in [1.82, 2.24) is 10.2 Å². The predicted molar refractivity (Wildman–Crippen MR) is 103 cm³/mol. The van der Waals surface area contributed by atoms with E-state index in [4.69, 9.17) is 4.74 Å². The van der Waals surface area contributed by atoms with Crippen molar-refractivity contribution in [3.05, 3.63) is 46.7 Å². The number of thiophene rings is 1. The van der Waals surface area contributed by atoms with Crippen LogP contribution >= 0.6 is 11.3 Å². The monoisotopic (exact) mass is 373 g/mol. The zero-order chi connectivity index (χ0) is 18.4. The van der Waals surface area contributed by atoms with Crippen LogP contribution in [0.25, 0.3) is 0 Å². The van der Waals surface area contributed by atoms with E-state index in [1.807, 2.05) is 5.38 Å². The number of methoxy groups -OCH3 is 1. The second-order valence-electron chi connectivity index (χ2n) is 6.18. The van der Waals surface area contributed by atoms with Gasteiger partial charge in [-0.2, -0.15) is 11.3 Å². The van der Waals surface area contributed by atoms with E-state index < -0.39 is 11.8 Å². The lowest BCUT2D eigenvalue weighted by atomic mass is 10.1. The highest BCUT2D eigenvalue weighted by Gasteiger charge is 2.25. The first-order chi connectivity index (χ1) is 12.7. The highest BCUT2D eigenvalue weighted by Crippen LogP contribution is 2.26. The summed E-state index contributed by atoms with van der Waals surface area (Å²) >= 11 is 1.64. The van der Waals surface area contributed by atoms with Crippen LogP contribution in [0.5, 0.6) is 5.75 Å². The van der Waals surface area contributed by atoms with Crippen LogP contribution in [0.15, 0.2) is 41.1 Å². The second kappa shape index (κ2) is 8.82. The Hall–Kier alpha value is -2.38. The molecule has 0 saturated carbocycles. The molecule has 1 aromatic heterocycles. The third-order valence-electron chi connectivity index (χ3n) is 4.53. The second-order valence-corrected chi connectivity index (χ2v) is 6.96. The molecule has 1 atom stereocenters. The summed E-state index contributed by atoms with van der Waals surface area (Å²) in [4.78, 5) is 26.8. The van der Waals surface area contributed by atoms with E-state index in [0.717, 1.165) is 13.1 Å². The maximum absolute atomic E-state index is 12.3. The Morgan fingerprint density at radius 3 is 2.65 bits per heavy atom. The number of likely N-dealkylation sites (tertiary alicyclic amines) is 1. The molecular formula is C19H23N3O3S. The van der Waals surface area contributed by atoms with Crippen LogP contribution in [0, 0.1) is 0 Å². The summed E-state index contributed by atoms with van der Waals surface area (Å²) in [7, 11) is 1.52. The molecule has 2 aromatic rings. The molecule has 2 heterocycles. The first-order valence-corrected chi connectivity index (χ1v) is 9.61. The fourth-order valence-corrected chi connectivity index (χ4v) is 3.88. The summed E-state index contributed by atoms with van der Waals surface area (Å²) < 4.78 is 5.19. The van der Waals surface area contributed by atoms with Gasteiger partial charge in [0.05, 0.1) is 18.8 Å². The number of para-hydroxylation sites is 2. The molecule has 0 spiro atoms. The molecule has 1 aliphatic rings. The Morgan fingerprint density at radius 1 is 1.19 bits per heavy atom. The van der Waals surface area contributed by atoms with E-state index in [1.54, 1.807) is 35.6 Å². The van der Waals surface area contributed by atoms with Gasteiger partial charge >= 0.3 is 11.8 Å². The SMILES string of the molecule is COc1ccccc1NC(=O)C(=O)NC[C@H](c1ccsc1)N1CCCC1. The van der Waals surface area contributed by atoms with Gasteiger partial charge in [0.25, 0.3) is 0 Å². The molecule has 3 rings (SSSR count). The maximum atomic E-state index is 12.3. The number of nitrogens with zero attached hydrogens (tertiary/aromatic N) is 1. The molecule has 0 bridgehead atoms. The molecular weight excluding hydrogens is 350 g/mol. The number of anilines is 1. The van der Waals surface area contributed by atoms with Crippen molar-refractivity contribution in [2.75, 3.05) is 32.1 Å². The molecule has 1 saturated heterocycles. The van der Waals surface area contributed by atoms with Crippen LogP contribution in [0.3, 0.4) is 0 Å². The van der Waals surface area contributed by atoms with E-state index in [1.165, 1.54) is 25.5 Å². The van der Waals surface area contributed by atoms with Crippen LogP contribution < -0.4 is 15.4 Å². The van der Waals surface area contributed by atoms with Gasteiger partial charge < -0.3 is 15.4 Å². The molecule has 2 amide bonds. The largest absolute Gasteiger partial charge is 0.495 e. The minimum absolute atomic E-state index is 0.103. The fourth-order valence-electron chi connectivity index (χ4n) is 3.17. The van der Waals surface area contributed by atoms with Gasteiger partial charge in [-0.3, -0.25) is 14.5 Å². The Labute approximate surface area is 157 Å². The normalized spacial score (nSPS) is 15.4. The van der Waals surface area contributed by atoms with Crippen molar-refractivity contribution < 1.29 is 14.3 Å². The summed E-state index contributed by atoms with van der Waals surface area (Å²) in [6.45, 7) is 2.45. The number of amides is 2. The van der Waals surface area contributed by atoms with Gasteiger partial charge in [-0.05, 0) is 60.5 Å². The molecule has 1 fully saturated rings. The van der Waals surface area contributed by atoms with Crippen molar-refractivity contribution >= 4 is 28.8 Å². The maximum Gasteiger partial charge on any atom is 0.313 e. The molecule has 138 valence electrons. The van der Waals surface area contributed by atoms with Crippen molar-refractivity contribution in [3.8, 4) is 5.75 Å². The lowest BCUT2D eigenvalue weighted by Crippen LogP contribution is -2.41. The Bertz CT molecular complexity index is 742. The lowest BCUT2D eigenvalue weighted by Gasteiger charge is -2.27. The van der Waals surface area contributed by atoms with Gasteiger partial charge in [0.1, 0.15) is 5.75 Å². The average Bonchev–Trinajstić information content (AvgIpc) is 3.36. The number of nitrogens with one attached hydrogen (secondary N) is 2. The van der Waals surface area contributed by atoms with E-state index in [-0.39, 0.29) is 6.04 Å². The summed E-state index contributed by atoms with van der Waals surface area (Å²) in [5, 5.41) is 9.52. The molecule has 0 aliphatic carbocycles. The minimum atomic E-state index is -0.694. The van der Waals surface area contributed by atoms with Gasteiger partial charge in [0, 0.05) is 6.54 Å². The van der Waals surface area contributed by atoms with E-state index in [0.29, 0.717) is 18.0 Å². The Kier molecular flexibility index (Phi) is 6.25. The number of hydrogen-bond donors (Lipinski definition) is 2. The van der Waals surface area contributed by atoms with Gasteiger partial charge in [0.15, 0.2) is 0 Å². The molecule has 2 N–H and O–H groups in total. The molecule has 7 heteroatoms. The van der Waals surface area contributed by atoms with Gasteiger partial charge in [-0.15, -0.1) is 0 Å². The summed E-state index contributed by atoms with van der Waals surface area (Å²) in [6, 6.07) is 9.18. The smallest absolute Gasteiger partial charge is 0.313 e. The molecule has 1 aromatic carbocycles. The van der Waals surface area contributed by atoms with Crippen LogP contribution in [0.1, 0.15) is 24.4 Å². The first kappa shape index (κ1) is 18.4. The minimum Gasteiger partial charge on any atom is -0.495 e. The number of carbonyl (C=O) groups is 2. The van der Waals surface area contributed by atoms with Crippen molar-refractivity contribution in [3.63, 3.8) is 0 Å². The van der Waals surface area contributed by atoms with Crippen molar-refractivity contribution in [1.29, 1.82) is 0 Å². The van der Waals surface area contributed by atoms with Gasteiger partial charge in [-0.25, -0.2) is 0 Å². The third-order valence-corrected chi connectivity index (χ3v) is 5.23. The van der Waals surface area contributed by atoms with E-state index in [2.05, 4.69) is 27.0 Å². The predicted octanol–water partition coefficient (Wildman–Crippen LogP) is 2.65. The first-order valence-electron chi connectivity index (χ1n) is 8.67. The molecule has 1 aliphatic heterocycles. The number of carbonyl (C=O) groups excluding carboxylic acids is 2. The molecule has 6 nitrogen and oxygen atoms in total. The number of benzene rings is 1. The van der Waals surface area contributed by atoms with E-state index in [9.17, 15) is 9.59 Å².